The molecular weight excluding hydrogens is 316 g/mol. The number of ether oxygens (including phenoxy) is 1. The number of aryl methyl sites for hydroxylation is 1. The molecule has 0 bridgehead atoms. The highest BCUT2D eigenvalue weighted by Gasteiger charge is 2.24. The number of aromatic nitrogens is 2. The first-order valence-corrected chi connectivity index (χ1v) is 7.85. The van der Waals surface area contributed by atoms with Crippen LogP contribution in [0.5, 0.6) is 5.75 Å². The minimum atomic E-state index is -3.90. The molecule has 0 spiro atoms. The van der Waals surface area contributed by atoms with Crippen LogP contribution in [0.1, 0.15) is 11.3 Å². The summed E-state index contributed by atoms with van der Waals surface area (Å²) in [6, 6.07) is 4.63. The summed E-state index contributed by atoms with van der Waals surface area (Å²) in [5, 5.41) is 6.66. The van der Waals surface area contributed by atoms with Crippen molar-refractivity contribution in [3.05, 3.63) is 34.5 Å². The SMILES string of the molecule is COc1ccc(Cl)cc1NS(=O)(=O)c1n[nH]c(C)c1CN. The number of H-pyrrole nitrogens is 1. The molecule has 0 saturated carbocycles. The van der Waals surface area contributed by atoms with Crippen LogP contribution in [0.2, 0.25) is 5.02 Å². The third-order valence-corrected chi connectivity index (χ3v) is 4.47. The maximum atomic E-state index is 12.4. The van der Waals surface area contributed by atoms with Gasteiger partial charge in [0.1, 0.15) is 5.75 Å². The molecule has 2 rings (SSSR count). The van der Waals surface area contributed by atoms with Gasteiger partial charge in [-0.25, -0.2) is 0 Å². The summed E-state index contributed by atoms with van der Waals surface area (Å²) >= 11 is 5.88. The van der Waals surface area contributed by atoms with E-state index in [2.05, 4.69) is 14.9 Å². The standard InChI is InChI=1S/C12H15ClN4O3S/c1-7-9(6-14)12(16-15-7)21(18,19)17-10-5-8(13)3-4-11(10)20-2/h3-5,17H,6,14H2,1-2H3,(H,15,16). The number of halogens is 1. The Morgan fingerprint density at radius 1 is 1.48 bits per heavy atom. The van der Waals surface area contributed by atoms with Gasteiger partial charge < -0.3 is 10.5 Å². The van der Waals surface area contributed by atoms with E-state index in [1.807, 2.05) is 0 Å². The van der Waals surface area contributed by atoms with Crippen molar-refractivity contribution < 1.29 is 13.2 Å². The molecule has 1 aromatic heterocycles. The van der Waals surface area contributed by atoms with E-state index in [4.69, 9.17) is 22.1 Å². The molecule has 4 N–H and O–H groups in total. The van der Waals surface area contributed by atoms with E-state index in [0.717, 1.165) is 0 Å². The molecule has 0 saturated heterocycles. The molecule has 1 heterocycles. The third kappa shape index (κ3) is 3.12. The highest BCUT2D eigenvalue weighted by Crippen LogP contribution is 2.30. The lowest BCUT2D eigenvalue weighted by molar-refractivity contribution is 0.417. The van der Waals surface area contributed by atoms with Gasteiger partial charge in [0.05, 0.1) is 12.8 Å². The molecule has 21 heavy (non-hydrogen) atoms. The highest BCUT2D eigenvalue weighted by atomic mass is 35.5. The average Bonchev–Trinajstić information content (AvgIpc) is 2.80. The zero-order valence-corrected chi connectivity index (χ0v) is 13.0. The topological polar surface area (TPSA) is 110 Å². The van der Waals surface area contributed by atoms with Crippen molar-refractivity contribution in [3.63, 3.8) is 0 Å². The van der Waals surface area contributed by atoms with Crippen LogP contribution in [0.15, 0.2) is 23.2 Å². The van der Waals surface area contributed by atoms with Crippen molar-refractivity contribution in [2.24, 2.45) is 5.73 Å². The predicted molar refractivity (Wildman–Crippen MR) is 80.0 cm³/mol. The minimum absolute atomic E-state index is 0.0608. The lowest BCUT2D eigenvalue weighted by atomic mass is 10.3. The lowest BCUT2D eigenvalue weighted by Gasteiger charge is -2.11. The van der Waals surface area contributed by atoms with Crippen molar-refractivity contribution in [2.45, 2.75) is 18.5 Å². The fraction of sp³-hybridized carbons (Fsp3) is 0.250. The van der Waals surface area contributed by atoms with Crippen LogP contribution in [0.3, 0.4) is 0 Å². The number of nitrogens with one attached hydrogen (secondary N) is 2. The number of hydrogen-bond donors (Lipinski definition) is 3. The first-order valence-electron chi connectivity index (χ1n) is 5.99. The lowest BCUT2D eigenvalue weighted by Crippen LogP contribution is -2.17. The van der Waals surface area contributed by atoms with E-state index in [1.165, 1.54) is 13.2 Å². The predicted octanol–water partition coefficient (Wildman–Crippen LogP) is 1.64. The number of anilines is 1. The van der Waals surface area contributed by atoms with Gasteiger partial charge in [-0.3, -0.25) is 9.82 Å². The molecule has 0 aliphatic heterocycles. The summed E-state index contributed by atoms with van der Waals surface area (Å²) in [4.78, 5) is 0. The van der Waals surface area contributed by atoms with E-state index < -0.39 is 10.0 Å². The molecule has 7 nitrogen and oxygen atoms in total. The molecule has 9 heteroatoms. The molecule has 0 aliphatic rings. The second kappa shape index (κ2) is 5.92. The molecule has 0 radical (unpaired) electrons. The maximum Gasteiger partial charge on any atom is 0.281 e. The van der Waals surface area contributed by atoms with Crippen molar-refractivity contribution in [1.29, 1.82) is 0 Å². The van der Waals surface area contributed by atoms with Gasteiger partial charge >= 0.3 is 0 Å². The van der Waals surface area contributed by atoms with Crippen LogP contribution in [-0.2, 0) is 16.6 Å². The molecule has 0 aliphatic carbocycles. The summed E-state index contributed by atoms with van der Waals surface area (Å²) in [5.41, 5.74) is 6.84. The zero-order chi connectivity index (χ0) is 15.6. The average molecular weight is 331 g/mol. The van der Waals surface area contributed by atoms with Gasteiger partial charge in [0.25, 0.3) is 10.0 Å². The number of nitrogens with zero attached hydrogens (tertiary/aromatic N) is 1. The Morgan fingerprint density at radius 2 is 2.19 bits per heavy atom. The number of hydrogen-bond acceptors (Lipinski definition) is 5. The van der Waals surface area contributed by atoms with Crippen molar-refractivity contribution >= 4 is 27.3 Å². The highest BCUT2D eigenvalue weighted by molar-refractivity contribution is 7.92. The van der Waals surface area contributed by atoms with Crippen LogP contribution in [0.25, 0.3) is 0 Å². The molecule has 1 aromatic carbocycles. The number of methoxy groups -OCH3 is 1. The van der Waals surface area contributed by atoms with Crippen LogP contribution < -0.4 is 15.2 Å². The summed E-state index contributed by atoms with van der Waals surface area (Å²) in [5.74, 6) is 0.351. The molecule has 114 valence electrons. The number of sulfonamides is 1. The monoisotopic (exact) mass is 330 g/mol. The van der Waals surface area contributed by atoms with Gasteiger partial charge in [0.2, 0.25) is 5.03 Å². The summed E-state index contributed by atoms with van der Waals surface area (Å²) in [7, 11) is -2.46. The summed E-state index contributed by atoms with van der Waals surface area (Å²) in [6.45, 7) is 1.76. The largest absolute Gasteiger partial charge is 0.495 e. The number of rotatable bonds is 5. The van der Waals surface area contributed by atoms with Gasteiger partial charge in [-0.2, -0.15) is 13.5 Å². The van der Waals surface area contributed by atoms with Gasteiger partial charge in [-0.15, -0.1) is 0 Å². The molecule has 0 atom stereocenters. The Bertz CT molecular complexity index is 758. The zero-order valence-electron chi connectivity index (χ0n) is 11.5. The molecule has 0 fully saturated rings. The van der Waals surface area contributed by atoms with E-state index >= 15 is 0 Å². The third-order valence-electron chi connectivity index (χ3n) is 2.90. The fourth-order valence-corrected chi connectivity index (χ4v) is 3.29. The molecule has 0 amide bonds. The van der Waals surface area contributed by atoms with Crippen molar-refractivity contribution in [3.8, 4) is 5.75 Å². The van der Waals surface area contributed by atoms with Crippen molar-refractivity contribution in [2.75, 3.05) is 11.8 Å². The van der Waals surface area contributed by atoms with Crippen LogP contribution in [-0.4, -0.2) is 25.7 Å². The smallest absolute Gasteiger partial charge is 0.281 e. The number of aromatic amines is 1. The van der Waals surface area contributed by atoms with Crippen molar-refractivity contribution in [1.82, 2.24) is 10.2 Å². The summed E-state index contributed by atoms with van der Waals surface area (Å²) in [6.07, 6.45) is 0. The van der Waals surface area contributed by atoms with Gasteiger partial charge in [-0.05, 0) is 25.1 Å². The Balaban J connectivity index is 2.44. The second-order valence-corrected chi connectivity index (χ2v) is 6.32. The Morgan fingerprint density at radius 3 is 2.81 bits per heavy atom. The van der Waals surface area contributed by atoms with Crippen LogP contribution in [0, 0.1) is 6.92 Å². The van der Waals surface area contributed by atoms with Gasteiger partial charge in [0.15, 0.2) is 0 Å². The molecule has 0 unspecified atom stereocenters. The first-order chi connectivity index (χ1) is 9.89. The van der Waals surface area contributed by atoms with E-state index in [1.54, 1.807) is 19.1 Å². The molecular formula is C12H15ClN4O3S. The Kier molecular flexibility index (Phi) is 4.40. The fourth-order valence-electron chi connectivity index (χ4n) is 1.85. The quantitative estimate of drug-likeness (QED) is 0.772. The maximum absolute atomic E-state index is 12.4. The molecule has 2 aromatic rings. The Hall–Kier alpha value is -1.77. The Labute approximate surface area is 127 Å². The van der Waals surface area contributed by atoms with Crippen LogP contribution in [0.4, 0.5) is 5.69 Å². The van der Waals surface area contributed by atoms with Gasteiger partial charge in [-0.1, -0.05) is 11.6 Å². The van der Waals surface area contributed by atoms with Gasteiger partial charge in [0, 0.05) is 22.8 Å². The number of nitrogens with two attached hydrogens (primary N) is 1. The first kappa shape index (κ1) is 15.6. The second-order valence-electron chi connectivity index (χ2n) is 4.29. The van der Waals surface area contributed by atoms with E-state index in [-0.39, 0.29) is 17.3 Å². The normalized spacial score (nSPS) is 11.4. The van der Waals surface area contributed by atoms with E-state index in [9.17, 15) is 8.42 Å². The summed E-state index contributed by atoms with van der Waals surface area (Å²) < 4.78 is 32.4. The van der Waals surface area contributed by atoms with Crippen LogP contribution >= 0.6 is 11.6 Å². The van der Waals surface area contributed by atoms with E-state index in [0.29, 0.717) is 22.0 Å². The number of benzene rings is 1. The minimum Gasteiger partial charge on any atom is -0.495 e.